The molecule has 1 aliphatic heterocycles. The molecule has 4 rings (SSSR count). The maximum absolute atomic E-state index is 13.5. The van der Waals surface area contributed by atoms with Crippen LogP contribution in [-0.4, -0.2) is 29.0 Å². The Kier molecular flexibility index (Phi) is 4.97. The average Bonchev–Trinajstić information content (AvgIpc) is 3.14. The number of hydrogen-bond acceptors (Lipinski definition) is 7. The summed E-state index contributed by atoms with van der Waals surface area (Å²) in [6, 6.07) is 8.34. The number of halogens is 1. The molecule has 0 saturated heterocycles. The summed E-state index contributed by atoms with van der Waals surface area (Å²) in [5.74, 6) is 1.43. The predicted octanol–water partition coefficient (Wildman–Crippen LogP) is 4.21. The highest BCUT2D eigenvalue weighted by molar-refractivity contribution is 7.14. The maximum atomic E-state index is 13.5. The number of aliphatic imine (C=N–C) groups is 1. The van der Waals surface area contributed by atoms with Gasteiger partial charge in [0.2, 0.25) is 5.88 Å². The van der Waals surface area contributed by atoms with Crippen LogP contribution in [0.5, 0.6) is 11.6 Å². The molecule has 8 heteroatoms. The molecule has 0 amide bonds. The molecule has 0 radical (unpaired) electrons. The number of guanidine groups is 1. The van der Waals surface area contributed by atoms with Crippen molar-refractivity contribution < 1.29 is 9.13 Å². The highest BCUT2D eigenvalue weighted by Gasteiger charge is 2.14. The molecule has 0 unspecified atom stereocenters. The van der Waals surface area contributed by atoms with E-state index in [9.17, 15) is 4.39 Å². The van der Waals surface area contributed by atoms with Crippen LogP contribution >= 0.6 is 11.3 Å². The lowest BCUT2D eigenvalue weighted by Gasteiger charge is -2.14. The van der Waals surface area contributed by atoms with Crippen molar-refractivity contribution >= 4 is 22.4 Å². The van der Waals surface area contributed by atoms with Crippen LogP contribution in [0.2, 0.25) is 0 Å². The first kappa shape index (κ1) is 17.4. The third kappa shape index (κ3) is 4.06. The maximum Gasteiger partial charge on any atom is 0.228 e. The first-order valence-corrected chi connectivity index (χ1v) is 9.47. The second-order valence-corrected chi connectivity index (χ2v) is 6.90. The van der Waals surface area contributed by atoms with Crippen molar-refractivity contribution in [3.05, 3.63) is 53.3 Å². The monoisotopic (exact) mass is 383 g/mol. The van der Waals surface area contributed by atoms with Crippen LogP contribution in [0.1, 0.15) is 12.0 Å². The second-order valence-electron chi connectivity index (χ2n) is 6.04. The van der Waals surface area contributed by atoms with Gasteiger partial charge in [0.05, 0.1) is 11.3 Å². The van der Waals surface area contributed by atoms with Gasteiger partial charge < -0.3 is 15.4 Å². The molecule has 0 aliphatic carbocycles. The minimum absolute atomic E-state index is 0.266. The van der Waals surface area contributed by atoms with E-state index in [4.69, 9.17) is 4.74 Å². The number of thiazole rings is 1. The van der Waals surface area contributed by atoms with E-state index in [0.717, 1.165) is 41.9 Å². The van der Waals surface area contributed by atoms with Gasteiger partial charge in [0.1, 0.15) is 11.6 Å². The van der Waals surface area contributed by atoms with E-state index >= 15 is 0 Å². The van der Waals surface area contributed by atoms with Crippen LogP contribution in [0.15, 0.2) is 46.9 Å². The number of benzene rings is 1. The van der Waals surface area contributed by atoms with E-state index in [-0.39, 0.29) is 5.82 Å². The third-order valence-electron chi connectivity index (χ3n) is 4.02. The Bertz CT molecular complexity index is 988. The highest BCUT2D eigenvalue weighted by atomic mass is 32.1. The quantitative estimate of drug-likeness (QED) is 0.706. The van der Waals surface area contributed by atoms with Gasteiger partial charge in [-0.25, -0.2) is 14.4 Å². The number of aromatic nitrogens is 2. The molecule has 6 nitrogen and oxygen atoms in total. The second kappa shape index (κ2) is 7.71. The summed E-state index contributed by atoms with van der Waals surface area (Å²) < 4.78 is 19.4. The summed E-state index contributed by atoms with van der Waals surface area (Å²) in [5, 5.41) is 9.08. The van der Waals surface area contributed by atoms with E-state index in [0.29, 0.717) is 17.2 Å². The molecule has 2 N–H and O–H groups in total. The van der Waals surface area contributed by atoms with Gasteiger partial charge in [-0.2, -0.15) is 0 Å². The first-order chi connectivity index (χ1) is 13.2. The van der Waals surface area contributed by atoms with Crippen molar-refractivity contribution in [2.75, 3.05) is 18.4 Å². The number of rotatable bonds is 4. The summed E-state index contributed by atoms with van der Waals surface area (Å²) >= 11 is 1.48. The number of nitrogens with zero attached hydrogens (tertiary/aromatic N) is 3. The number of pyridine rings is 1. The van der Waals surface area contributed by atoms with Gasteiger partial charge in [-0.3, -0.25) is 4.99 Å². The average molecular weight is 383 g/mol. The van der Waals surface area contributed by atoms with Gasteiger partial charge in [0, 0.05) is 24.7 Å². The van der Waals surface area contributed by atoms with E-state index in [1.54, 1.807) is 25.3 Å². The van der Waals surface area contributed by atoms with E-state index in [2.05, 4.69) is 25.6 Å². The molecular formula is C19H18FN5OS. The Hall–Kier alpha value is -3.00. The zero-order valence-corrected chi connectivity index (χ0v) is 15.5. The molecule has 2 aromatic heterocycles. The largest absolute Gasteiger partial charge is 0.438 e. The van der Waals surface area contributed by atoms with Gasteiger partial charge >= 0.3 is 0 Å². The van der Waals surface area contributed by atoms with Crippen LogP contribution in [-0.2, 0) is 0 Å². The van der Waals surface area contributed by atoms with E-state index in [1.807, 2.05) is 17.5 Å². The van der Waals surface area contributed by atoms with Gasteiger partial charge in [-0.05, 0) is 49.2 Å². The van der Waals surface area contributed by atoms with Gasteiger partial charge in [-0.15, -0.1) is 11.3 Å². The van der Waals surface area contributed by atoms with Crippen LogP contribution in [0.25, 0.3) is 11.3 Å². The Labute approximate surface area is 160 Å². The molecule has 27 heavy (non-hydrogen) atoms. The minimum atomic E-state index is -0.266. The van der Waals surface area contributed by atoms with Crippen molar-refractivity contribution in [1.82, 2.24) is 15.3 Å². The molecule has 3 heterocycles. The van der Waals surface area contributed by atoms with Crippen LogP contribution in [0.4, 0.5) is 9.52 Å². The highest BCUT2D eigenvalue weighted by Crippen LogP contribution is 2.33. The number of anilines is 1. The lowest BCUT2D eigenvalue weighted by molar-refractivity contribution is 0.462. The van der Waals surface area contributed by atoms with Crippen molar-refractivity contribution in [3.63, 3.8) is 0 Å². The Morgan fingerprint density at radius 3 is 3.04 bits per heavy atom. The zero-order valence-electron chi connectivity index (χ0n) is 14.7. The molecule has 138 valence electrons. The minimum Gasteiger partial charge on any atom is -0.438 e. The molecule has 0 atom stereocenters. The van der Waals surface area contributed by atoms with Crippen molar-refractivity contribution in [3.8, 4) is 22.9 Å². The number of nitrogens with one attached hydrogen (secondary N) is 2. The van der Waals surface area contributed by atoms with Gasteiger partial charge in [0.15, 0.2) is 11.1 Å². The van der Waals surface area contributed by atoms with Crippen molar-refractivity contribution in [2.24, 2.45) is 4.99 Å². The molecule has 0 saturated carbocycles. The summed E-state index contributed by atoms with van der Waals surface area (Å²) in [4.78, 5) is 13.3. The molecule has 0 fully saturated rings. The topological polar surface area (TPSA) is 71.4 Å². The summed E-state index contributed by atoms with van der Waals surface area (Å²) in [5.41, 5.74) is 2.04. The fourth-order valence-electron chi connectivity index (χ4n) is 2.63. The smallest absolute Gasteiger partial charge is 0.228 e. The van der Waals surface area contributed by atoms with E-state index in [1.165, 1.54) is 17.4 Å². The van der Waals surface area contributed by atoms with E-state index < -0.39 is 0 Å². The summed E-state index contributed by atoms with van der Waals surface area (Å²) in [6.07, 6.45) is 2.69. The van der Waals surface area contributed by atoms with Crippen LogP contribution < -0.4 is 15.4 Å². The van der Waals surface area contributed by atoms with Crippen LogP contribution in [0.3, 0.4) is 0 Å². The standard InChI is InChI=1S/C19H18FN5OS/c1-12-10-13(5-6-15(12)20)26-17-14(4-2-7-21-17)16-11-27-19(24-16)25-18-22-8-3-9-23-18/h2,4-7,10-11H,3,8-9H2,1H3,(H2,22,23,24,25). The third-order valence-corrected chi connectivity index (χ3v) is 4.78. The Morgan fingerprint density at radius 1 is 1.30 bits per heavy atom. The lowest BCUT2D eigenvalue weighted by Crippen LogP contribution is -2.35. The SMILES string of the molecule is Cc1cc(Oc2ncccc2-c2csc(NC3=NCCCN3)n2)ccc1F. The first-order valence-electron chi connectivity index (χ1n) is 8.59. The predicted molar refractivity (Wildman–Crippen MR) is 105 cm³/mol. The number of hydrogen-bond donors (Lipinski definition) is 2. The Morgan fingerprint density at radius 2 is 2.22 bits per heavy atom. The molecule has 1 aromatic carbocycles. The molecule has 0 bridgehead atoms. The molecule has 3 aromatic rings. The summed E-state index contributed by atoms with van der Waals surface area (Å²) in [6.45, 7) is 3.41. The normalized spacial score (nSPS) is 13.6. The Balaban J connectivity index is 1.57. The molecule has 0 spiro atoms. The molecular weight excluding hydrogens is 365 g/mol. The van der Waals surface area contributed by atoms with Gasteiger partial charge in [0.25, 0.3) is 0 Å². The molecule has 1 aliphatic rings. The summed E-state index contributed by atoms with van der Waals surface area (Å²) in [7, 11) is 0. The number of ether oxygens (including phenoxy) is 1. The number of aryl methyl sites for hydroxylation is 1. The lowest BCUT2D eigenvalue weighted by atomic mass is 10.2. The van der Waals surface area contributed by atoms with Crippen LogP contribution in [0, 0.1) is 12.7 Å². The zero-order chi connectivity index (χ0) is 18.6. The fourth-order valence-corrected chi connectivity index (χ4v) is 3.34. The fraction of sp³-hybridized carbons (Fsp3) is 0.211. The van der Waals surface area contributed by atoms with Gasteiger partial charge in [-0.1, -0.05) is 0 Å². The van der Waals surface area contributed by atoms with Crippen molar-refractivity contribution in [1.29, 1.82) is 0 Å². The van der Waals surface area contributed by atoms with Crippen molar-refractivity contribution in [2.45, 2.75) is 13.3 Å².